The van der Waals surface area contributed by atoms with Crippen molar-refractivity contribution in [3.8, 4) is 0 Å². The quantitative estimate of drug-likeness (QED) is 0.673. The highest BCUT2D eigenvalue weighted by atomic mass is 32.2. The molecular weight excluding hydrogens is 376 g/mol. The van der Waals surface area contributed by atoms with E-state index in [1.807, 2.05) is 31.2 Å². The Morgan fingerprint density at radius 1 is 1.07 bits per heavy atom. The van der Waals surface area contributed by atoms with E-state index in [2.05, 4.69) is 6.92 Å². The van der Waals surface area contributed by atoms with Crippen LogP contribution in [0, 0.1) is 12.8 Å². The van der Waals surface area contributed by atoms with E-state index in [1.165, 1.54) is 14.9 Å². The number of aromatic nitrogens is 1. The molecule has 0 atom stereocenters. The number of rotatable bonds is 4. The van der Waals surface area contributed by atoms with E-state index < -0.39 is 15.8 Å². The first kappa shape index (κ1) is 19.0. The number of oxazole rings is 1. The van der Waals surface area contributed by atoms with Gasteiger partial charge in [-0.2, -0.15) is 4.31 Å². The van der Waals surface area contributed by atoms with Crippen molar-refractivity contribution < 1.29 is 12.8 Å². The van der Waals surface area contributed by atoms with Gasteiger partial charge in [-0.15, -0.1) is 0 Å². The van der Waals surface area contributed by atoms with E-state index in [9.17, 15) is 13.2 Å². The zero-order valence-electron chi connectivity index (χ0n) is 16.1. The summed E-state index contributed by atoms with van der Waals surface area (Å²) >= 11 is 0. The summed E-state index contributed by atoms with van der Waals surface area (Å²) in [4.78, 5) is 12.5. The maximum absolute atomic E-state index is 13.0. The first-order valence-electron chi connectivity index (χ1n) is 9.54. The van der Waals surface area contributed by atoms with Crippen LogP contribution < -0.4 is 5.76 Å². The Morgan fingerprint density at radius 3 is 2.43 bits per heavy atom. The molecule has 7 heteroatoms. The number of fused-ring (bicyclic) bond motifs is 1. The Hall–Kier alpha value is -2.38. The minimum Gasteiger partial charge on any atom is -0.408 e. The fraction of sp³-hybridized carbons (Fsp3) is 0.381. The summed E-state index contributed by atoms with van der Waals surface area (Å²) in [5.74, 6) is 0.0553. The zero-order chi connectivity index (χ0) is 19.9. The molecule has 0 amide bonds. The first-order chi connectivity index (χ1) is 13.3. The summed E-state index contributed by atoms with van der Waals surface area (Å²) in [5.41, 5.74) is 3.02. The molecule has 0 bridgehead atoms. The van der Waals surface area contributed by atoms with Crippen LogP contribution in [-0.2, 0) is 16.6 Å². The van der Waals surface area contributed by atoms with E-state index in [4.69, 9.17) is 4.42 Å². The topological polar surface area (TPSA) is 72.5 Å². The lowest BCUT2D eigenvalue weighted by Gasteiger charge is -2.29. The van der Waals surface area contributed by atoms with Gasteiger partial charge in [0.2, 0.25) is 10.0 Å². The summed E-state index contributed by atoms with van der Waals surface area (Å²) in [5, 5.41) is 0. The third-order valence-electron chi connectivity index (χ3n) is 5.48. The molecule has 28 heavy (non-hydrogen) atoms. The summed E-state index contributed by atoms with van der Waals surface area (Å²) in [6.45, 7) is 5.58. The molecular formula is C21H24N2O4S. The van der Waals surface area contributed by atoms with Crippen molar-refractivity contribution in [3.63, 3.8) is 0 Å². The van der Waals surface area contributed by atoms with Gasteiger partial charge < -0.3 is 4.42 Å². The lowest BCUT2D eigenvalue weighted by molar-refractivity contribution is 0.288. The zero-order valence-corrected chi connectivity index (χ0v) is 16.9. The number of aryl methyl sites for hydroxylation is 1. The molecule has 0 spiro atoms. The second kappa shape index (κ2) is 7.22. The number of sulfonamides is 1. The minimum atomic E-state index is -3.58. The Labute approximate surface area is 164 Å². The van der Waals surface area contributed by atoms with Crippen LogP contribution in [0.4, 0.5) is 0 Å². The number of hydrogen-bond donors (Lipinski definition) is 0. The average Bonchev–Trinajstić information content (AvgIpc) is 2.98. The molecule has 4 rings (SSSR count). The smallest absolute Gasteiger partial charge is 0.408 e. The summed E-state index contributed by atoms with van der Waals surface area (Å²) < 4.78 is 34.3. The molecule has 0 saturated carbocycles. The van der Waals surface area contributed by atoms with E-state index >= 15 is 0 Å². The van der Waals surface area contributed by atoms with Crippen LogP contribution in [0.2, 0.25) is 0 Å². The van der Waals surface area contributed by atoms with Crippen molar-refractivity contribution in [3.05, 3.63) is 64.1 Å². The SMILES string of the molecule is Cc1ccc(Cn2c(=O)oc3cc(S(=O)(=O)N4CCC(C)CC4)ccc32)cc1. The second-order valence-electron chi connectivity index (χ2n) is 7.66. The van der Waals surface area contributed by atoms with Crippen molar-refractivity contribution in [2.24, 2.45) is 5.92 Å². The molecule has 3 aromatic rings. The van der Waals surface area contributed by atoms with Crippen LogP contribution in [0.5, 0.6) is 0 Å². The van der Waals surface area contributed by atoms with Crippen molar-refractivity contribution in [1.82, 2.24) is 8.87 Å². The van der Waals surface area contributed by atoms with Gasteiger partial charge in [0, 0.05) is 19.2 Å². The minimum absolute atomic E-state index is 0.172. The fourth-order valence-electron chi connectivity index (χ4n) is 3.61. The van der Waals surface area contributed by atoms with Crippen LogP contribution in [0.1, 0.15) is 30.9 Å². The Kier molecular flexibility index (Phi) is 4.89. The van der Waals surface area contributed by atoms with Crippen molar-refractivity contribution in [2.45, 2.75) is 38.1 Å². The van der Waals surface area contributed by atoms with Crippen LogP contribution in [0.3, 0.4) is 0 Å². The van der Waals surface area contributed by atoms with Gasteiger partial charge in [0.15, 0.2) is 5.58 Å². The van der Waals surface area contributed by atoms with E-state index in [-0.39, 0.29) is 4.90 Å². The normalized spacial score (nSPS) is 16.6. The first-order valence-corrected chi connectivity index (χ1v) is 11.0. The van der Waals surface area contributed by atoms with Crippen molar-refractivity contribution in [1.29, 1.82) is 0 Å². The molecule has 1 fully saturated rings. The van der Waals surface area contributed by atoms with Gasteiger partial charge in [-0.3, -0.25) is 4.57 Å². The standard InChI is InChI=1S/C21H24N2O4S/c1-15-3-5-17(6-4-15)14-23-19-8-7-18(13-20(19)27-21(23)24)28(25,26)22-11-9-16(2)10-12-22/h3-8,13,16H,9-12,14H2,1-2H3. The lowest BCUT2D eigenvalue weighted by Crippen LogP contribution is -2.37. The van der Waals surface area contributed by atoms with Gasteiger partial charge in [-0.25, -0.2) is 13.2 Å². The Morgan fingerprint density at radius 2 is 1.75 bits per heavy atom. The molecule has 0 unspecified atom stereocenters. The monoisotopic (exact) mass is 400 g/mol. The van der Waals surface area contributed by atoms with Crippen LogP contribution in [0.25, 0.3) is 11.1 Å². The highest BCUT2D eigenvalue weighted by molar-refractivity contribution is 7.89. The molecule has 1 saturated heterocycles. The highest BCUT2D eigenvalue weighted by Crippen LogP contribution is 2.26. The largest absolute Gasteiger partial charge is 0.420 e. The third-order valence-corrected chi connectivity index (χ3v) is 7.38. The molecule has 148 valence electrons. The van der Waals surface area contributed by atoms with E-state index in [0.717, 1.165) is 24.0 Å². The Bertz CT molecular complexity index is 1150. The molecule has 1 aromatic heterocycles. The highest BCUT2D eigenvalue weighted by Gasteiger charge is 2.28. The number of hydrogen-bond acceptors (Lipinski definition) is 4. The lowest BCUT2D eigenvalue weighted by atomic mass is 10.0. The third kappa shape index (κ3) is 3.52. The average molecular weight is 401 g/mol. The molecule has 0 aliphatic carbocycles. The predicted molar refractivity (Wildman–Crippen MR) is 108 cm³/mol. The predicted octanol–water partition coefficient (Wildman–Crippen LogP) is 3.37. The van der Waals surface area contributed by atoms with Gasteiger partial charge in [0.05, 0.1) is 17.0 Å². The molecule has 6 nitrogen and oxygen atoms in total. The maximum atomic E-state index is 13.0. The van der Waals surface area contributed by atoms with E-state index in [1.54, 1.807) is 12.1 Å². The number of benzene rings is 2. The summed E-state index contributed by atoms with van der Waals surface area (Å²) in [6.07, 6.45) is 1.73. The number of nitrogens with zero attached hydrogens (tertiary/aromatic N) is 2. The molecule has 0 N–H and O–H groups in total. The molecule has 2 heterocycles. The van der Waals surface area contributed by atoms with Crippen molar-refractivity contribution >= 4 is 21.1 Å². The number of piperidine rings is 1. The molecule has 1 aliphatic heterocycles. The maximum Gasteiger partial charge on any atom is 0.420 e. The van der Waals surface area contributed by atoms with Gasteiger partial charge in [0.25, 0.3) is 0 Å². The van der Waals surface area contributed by atoms with Crippen LogP contribution in [0.15, 0.2) is 56.6 Å². The van der Waals surface area contributed by atoms with Gasteiger partial charge in [-0.05, 0) is 43.4 Å². The van der Waals surface area contributed by atoms with Crippen LogP contribution in [-0.4, -0.2) is 30.4 Å². The summed E-state index contributed by atoms with van der Waals surface area (Å²) in [6, 6.07) is 12.6. The second-order valence-corrected chi connectivity index (χ2v) is 9.59. The van der Waals surface area contributed by atoms with Gasteiger partial charge in [-0.1, -0.05) is 36.8 Å². The Balaban J connectivity index is 1.67. The van der Waals surface area contributed by atoms with Gasteiger partial charge in [0.1, 0.15) is 0 Å². The molecule has 2 aromatic carbocycles. The van der Waals surface area contributed by atoms with Crippen LogP contribution >= 0.6 is 0 Å². The fourth-order valence-corrected chi connectivity index (χ4v) is 5.09. The summed E-state index contributed by atoms with van der Waals surface area (Å²) in [7, 11) is -3.58. The van der Waals surface area contributed by atoms with Crippen molar-refractivity contribution in [2.75, 3.05) is 13.1 Å². The van der Waals surface area contributed by atoms with E-state index in [0.29, 0.717) is 36.7 Å². The molecule has 0 radical (unpaired) electrons. The molecule has 1 aliphatic rings. The van der Waals surface area contributed by atoms with Gasteiger partial charge >= 0.3 is 5.76 Å².